The van der Waals surface area contributed by atoms with Gasteiger partial charge in [0.2, 0.25) is 5.91 Å². The lowest BCUT2D eigenvalue weighted by atomic mass is 10.1. The molecule has 1 N–H and O–H groups in total. The van der Waals surface area contributed by atoms with E-state index in [0.29, 0.717) is 23.9 Å². The second kappa shape index (κ2) is 6.75. The van der Waals surface area contributed by atoms with E-state index in [1.807, 2.05) is 4.90 Å². The monoisotopic (exact) mass is 323 g/mol. The standard InChI is InChI=1S/C15H21N3O3S/c1-10(19)16-15-17-13(9-22-15)14(20)18-6-4-12(5-7-18)21-8-11-2-3-11/h9,11-12H,2-8H2,1H3,(H,16,17,19). The molecule has 1 aliphatic heterocycles. The maximum Gasteiger partial charge on any atom is 0.273 e. The van der Waals surface area contributed by atoms with Crippen LogP contribution in [0.3, 0.4) is 0 Å². The second-order valence-corrected chi connectivity index (χ2v) is 6.85. The molecule has 0 spiro atoms. The van der Waals surface area contributed by atoms with E-state index in [9.17, 15) is 9.59 Å². The third-order valence-corrected chi connectivity index (χ3v) is 4.76. The van der Waals surface area contributed by atoms with Gasteiger partial charge in [-0.1, -0.05) is 0 Å². The molecule has 6 nitrogen and oxygen atoms in total. The predicted octanol–water partition coefficient (Wildman–Crippen LogP) is 2.13. The summed E-state index contributed by atoms with van der Waals surface area (Å²) in [4.78, 5) is 29.4. The fraction of sp³-hybridized carbons (Fsp3) is 0.667. The van der Waals surface area contributed by atoms with E-state index in [2.05, 4.69) is 10.3 Å². The summed E-state index contributed by atoms with van der Waals surface area (Å²) in [7, 11) is 0. The first-order valence-electron chi connectivity index (χ1n) is 7.76. The summed E-state index contributed by atoms with van der Waals surface area (Å²) >= 11 is 1.27. The normalized spacial score (nSPS) is 19.2. The first-order valence-corrected chi connectivity index (χ1v) is 8.64. The van der Waals surface area contributed by atoms with Gasteiger partial charge in [0.1, 0.15) is 5.69 Å². The molecule has 2 fully saturated rings. The molecule has 1 aromatic heterocycles. The number of carbonyl (C=O) groups excluding carboxylic acids is 2. The highest BCUT2D eigenvalue weighted by atomic mass is 32.1. The second-order valence-electron chi connectivity index (χ2n) is 5.99. The van der Waals surface area contributed by atoms with Crippen molar-refractivity contribution in [1.82, 2.24) is 9.88 Å². The number of nitrogens with one attached hydrogen (secondary N) is 1. The van der Waals surface area contributed by atoms with E-state index >= 15 is 0 Å². The number of ether oxygens (including phenoxy) is 1. The minimum atomic E-state index is -0.179. The summed E-state index contributed by atoms with van der Waals surface area (Å²) in [5, 5.41) is 4.77. The van der Waals surface area contributed by atoms with Crippen LogP contribution in [-0.4, -0.2) is 47.5 Å². The Hall–Kier alpha value is -1.47. The quantitative estimate of drug-likeness (QED) is 0.901. The van der Waals surface area contributed by atoms with Crippen LogP contribution in [0.4, 0.5) is 5.13 Å². The van der Waals surface area contributed by atoms with E-state index in [0.717, 1.165) is 25.4 Å². The van der Waals surface area contributed by atoms with Crippen LogP contribution in [0.15, 0.2) is 5.38 Å². The molecule has 0 unspecified atom stereocenters. The summed E-state index contributed by atoms with van der Waals surface area (Å²) in [6, 6.07) is 0. The van der Waals surface area contributed by atoms with Crippen LogP contribution in [-0.2, 0) is 9.53 Å². The predicted molar refractivity (Wildman–Crippen MR) is 84.0 cm³/mol. The topological polar surface area (TPSA) is 71.5 Å². The Morgan fingerprint density at radius 3 is 2.73 bits per heavy atom. The van der Waals surface area contributed by atoms with Gasteiger partial charge in [0.15, 0.2) is 5.13 Å². The Kier molecular flexibility index (Phi) is 4.73. The number of piperidine rings is 1. The number of likely N-dealkylation sites (tertiary alicyclic amines) is 1. The number of rotatable bonds is 5. The number of aromatic nitrogens is 1. The number of hydrogen-bond donors (Lipinski definition) is 1. The lowest BCUT2D eigenvalue weighted by molar-refractivity contribution is -0.114. The van der Waals surface area contributed by atoms with Crippen molar-refractivity contribution in [2.75, 3.05) is 25.0 Å². The van der Waals surface area contributed by atoms with Crippen LogP contribution < -0.4 is 5.32 Å². The summed E-state index contributed by atoms with van der Waals surface area (Å²) in [5.74, 6) is 0.539. The lowest BCUT2D eigenvalue weighted by Crippen LogP contribution is -2.41. The van der Waals surface area contributed by atoms with Gasteiger partial charge in [-0.05, 0) is 31.6 Å². The zero-order valence-electron chi connectivity index (χ0n) is 12.7. The number of hydrogen-bond acceptors (Lipinski definition) is 5. The third-order valence-electron chi connectivity index (χ3n) is 4.00. The Bertz CT molecular complexity index is 548. The highest BCUT2D eigenvalue weighted by molar-refractivity contribution is 7.14. The van der Waals surface area contributed by atoms with E-state index in [1.54, 1.807) is 5.38 Å². The van der Waals surface area contributed by atoms with E-state index in [-0.39, 0.29) is 17.9 Å². The average molecular weight is 323 g/mol. The molecule has 22 heavy (non-hydrogen) atoms. The van der Waals surface area contributed by atoms with Gasteiger partial charge >= 0.3 is 0 Å². The van der Waals surface area contributed by atoms with E-state index < -0.39 is 0 Å². The number of nitrogens with zero attached hydrogens (tertiary/aromatic N) is 2. The SMILES string of the molecule is CC(=O)Nc1nc(C(=O)N2CCC(OCC3CC3)CC2)cs1. The van der Waals surface area contributed by atoms with Crippen molar-refractivity contribution >= 4 is 28.3 Å². The molecular weight excluding hydrogens is 302 g/mol. The zero-order valence-corrected chi connectivity index (χ0v) is 13.5. The summed E-state index contributed by atoms with van der Waals surface area (Å²) < 4.78 is 5.89. The summed E-state index contributed by atoms with van der Waals surface area (Å²) in [5.41, 5.74) is 0.408. The molecule has 2 amide bonds. The van der Waals surface area contributed by atoms with Gasteiger partial charge in [-0.15, -0.1) is 11.3 Å². The van der Waals surface area contributed by atoms with Crippen LogP contribution in [0.5, 0.6) is 0 Å². The molecule has 0 radical (unpaired) electrons. The zero-order chi connectivity index (χ0) is 15.5. The van der Waals surface area contributed by atoms with Gasteiger partial charge in [-0.25, -0.2) is 4.98 Å². The smallest absolute Gasteiger partial charge is 0.273 e. The Morgan fingerprint density at radius 1 is 1.36 bits per heavy atom. The van der Waals surface area contributed by atoms with Crippen LogP contribution in [0.2, 0.25) is 0 Å². The largest absolute Gasteiger partial charge is 0.378 e. The van der Waals surface area contributed by atoms with Crippen molar-refractivity contribution in [3.63, 3.8) is 0 Å². The molecule has 2 heterocycles. The van der Waals surface area contributed by atoms with E-state index in [1.165, 1.54) is 31.1 Å². The van der Waals surface area contributed by atoms with Gasteiger partial charge in [0, 0.05) is 32.0 Å². The van der Waals surface area contributed by atoms with Gasteiger partial charge in [-0.2, -0.15) is 0 Å². The summed E-state index contributed by atoms with van der Waals surface area (Å²) in [6.45, 7) is 3.72. The average Bonchev–Trinajstić information content (AvgIpc) is 3.23. The molecule has 0 aromatic carbocycles. The molecule has 0 bridgehead atoms. The fourth-order valence-electron chi connectivity index (χ4n) is 2.52. The molecule has 3 rings (SSSR count). The van der Waals surface area contributed by atoms with Crippen molar-refractivity contribution in [2.45, 2.75) is 38.7 Å². The highest BCUT2D eigenvalue weighted by Gasteiger charge is 2.28. The Morgan fingerprint density at radius 2 is 2.09 bits per heavy atom. The molecule has 1 aliphatic carbocycles. The lowest BCUT2D eigenvalue weighted by Gasteiger charge is -2.31. The molecule has 7 heteroatoms. The molecule has 1 saturated carbocycles. The third kappa shape index (κ3) is 4.04. The first-order chi connectivity index (χ1) is 10.6. The van der Waals surface area contributed by atoms with Crippen molar-refractivity contribution in [2.24, 2.45) is 5.92 Å². The fourth-order valence-corrected chi connectivity index (χ4v) is 3.25. The minimum absolute atomic E-state index is 0.0616. The van der Waals surface area contributed by atoms with Crippen molar-refractivity contribution in [1.29, 1.82) is 0 Å². The number of amides is 2. The van der Waals surface area contributed by atoms with E-state index in [4.69, 9.17) is 4.74 Å². The Balaban J connectivity index is 1.48. The van der Waals surface area contributed by atoms with Crippen molar-refractivity contribution in [3.8, 4) is 0 Å². The highest BCUT2D eigenvalue weighted by Crippen LogP contribution is 2.30. The number of thiazole rings is 1. The minimum Gasteiger partial charge on any atom is -0.378 e. The number of carbonyl (C=O) groups is 2. The summed E-state index contributed by atoms with van der Waals surface area (Å²) in [6.07, 6.45) is 4.67. The maximum atomic E-state index is 12.4. The first kappa shape index (κ1) is 15.4. The molecule has 2 aliphatic rings. The molecule has 120 valence electrons. The van der Waals surface area contributed by atoms with Gasteiger partial charge in [-0.3, -0.25) is 9.59 Å². The van der Waals surface area contributed by atoms with Gasteiger partial charge in [0.05, 0.1) is 6.10 Å². The van der Waals surface area contributed by atoms with Gasteiger partial charge < -0.3 is 15.0 Å². The van der Waals surface area contributed by atoms with Crippen LogP contribution in [0.25, 0.3) is 0 Å². The van der Waals surface area contributed by atoms with Crippen LogP contribution in [0.1, 0.15) is 43.1 Å². The van der Waals surface area contributed by atoms with Crippen LogP contribution >= 0.6 is 11.3 Å². The van der Waals surface area contributed by atoms with Crippen LogP contribution in [0, 0.1) is 5.92 Å². The van der Waals surface area contributed by atoms with Gasteiger partial charge in [0.25, 0.3) is 5.91 Å². The van der Waals surface area contributed by atoms with Crippen molar-refractivity contribution < 1.29 is 14.3 Å². The Labute approximate surface area is 133 Å². The molecule has 1 aromatic rings. The molecular formula is C15H21N3O3S. The maximum absolute atomic E-state index is 12.4. The van der Waals surface area contributed by atoms with Crippen molar-refractivity contribution in [3.05, 3.63) is 11.1 Å². The molecule has 1 saturated heterocycles. The molecule has 0 atom stereocenters. The number of anilines is 1.